The number of amides is 1. The van der Waals surface area contributed by atoms with Crippen LogP contribution in [-0.4, -0.2) is 33.5 Å². The van der Waals surface area contributed by atoms with Crippen LogP contribution in [0.2, 0.25) is 0 Å². The number of carbonyl (C=O) groups excluding carboxylic acids is 2. The lowest BCUT2D eigenvalue weighted by molar-refractivity contribution is -0.174. The Morgan fingerprint density at radius 1 is 1.33 bits per heavy atom. The van der Waals surface area contributed by atoms with Gasteiger partial charge in [-0.25, -0.2) is 4.79 Å². The number of rotatable bonds is 5. The van der Waals surface area contributed by atoms with Crippen molar-refractivity contribution in [2.24, 2.45) is 5.41 Å². The second-order valence-corrected chi connectivity index (χ2v) is 6.34. The molecule has 1 atom stereocenters. The number of aliphatic hydroxyl groups excluding tert-OH is 1. The third-order valence-electron chi connectivity index (χ3n) is 3.17. The first-order valence-corrected chi connectivity index (χ1v) is 7.49. The van der Waals surface area contributed by atoms with Crippen LogP contribution in [0.5, 0.6) is 5.75 Å². The molecule has 0 radical (unpaired) electrons. The van der Waals surface area contributed by atoms with Crippen LogP contribution in [0.3, 0.4) is 0 Å². The summed E-state index contributed by atoms with van der Waals surface area (Å²) >= 11 is 0. The SMILES string of the molecule is Cc1ncc(CO)c(CNC(=O)OC(C)OC(=O)C(C)(C)C)c1O. The van der Waals surface area contributed by atoms with Crippen molar-refractivity contribution in [3.63, 3.8) is 0 Å². The molecule has 0 aliphatic carbocycles. The standard InChI is InChI=1S/C16H24N2O6/c1-9-13(20)12(11(8-19)6-17-9)7-18-15(22)24-10(2)23-14(21)16(3,4)5/h6,10,19-20H,7-8H2,1-5H3,(H,18,22). The van der Waals surface area contributed by atoms with Crippen LogP contribution in [0.15, 0.2) is 6.20 Å². The zero-order chi connectivity index (χ0) is 18.5. The van der Waals surface area contributed by atoms with E-state index in [-0.39, 0.29) is 18.9 Å². The lowest BCUT2D eigenvalue weighted by atomic mass is 9.97. The molecule has 134 valence electrons. The Balaban J connectivity index is 2.61. The van der Waals surface area contributed by atoms with Gasteiger partial charge in [0.15, 0.2) is 0 Å². The first kappa shape index (κ1) is 19.7. The minimum Gasteiger partial charge on any atom is -0.506 e. The van der Waals surface area contributed by atoms with E-state index >= 15 is 0 Å². The molecule has 0 spiro atoms. The highest BCUT2D eigenvalue weighted by atomic mass is 16.7. The molecule has 0 fully saturated rings. The summed E-state index contributed by atoms with van der Waals surface area (Å²) in [5.74, 6) is -0.596. The summed E-state index contributed by atoms with van der Waals surface area (Å²) in [6.45, 7) is 7.70. The van der Waals surface area contributed by atoms with Crippen molar-refractivity contribution in [2.75, 3.05) is 0 Å². The van der Waals surface area contributed by atoms with E-state index in [1.807, 2.05) is 0 Å². The van der Waals surface area contributed by atoms with E-state index in [1.165, 1.54) is 13.1 Å². The van der Waals surface area contributed by atoms with Crippen LogP contribution in [0.25, 0.3) is 0 Å². The minimum absolute atomic E-state index is 0.0656. The summed E-state index contributed by atoms with van der Waals surface area (Å²) in [7, 11) is 0. The number of aromatic nitrogens is 1. The van der Waals surface area contributed by atoms with Crippen LogP contribution in [-0.2, 0) is 27.4 Å². The van der Waals surface area contributed by atoms with E-state index in [1.54, 1.807) is 27.7 Å². The fourth-order valence-electron chi connectivity index (χ4n) is 1.72. The molecule has 0 saturated carbocycles. The van der Waals surface area contributed by atoms with Gasteiger partial charge in [0, 0.05) is 24.2 Å². The molecule has 0 aliphatic heterocycles. The Kier molecular flexibility index (Phi) is 6.53. The number of ether oxygens (including phenoxy) is 2. The summed E-state index contributed by atoms with van der Waals surface area (Å²) in [5.41, 5.74) is 0.418. The topological polar surface area (TPSA) is 118 Å². The van der Waals surface area contributed by atoms with Crippen LogP contribution in [0.4, 0.5) is 4.79 Å². The molecular formula is C16H24N2O6. The summed E-state index contributed by atoms with van der Waals surface area (Å²) < 4.78 is 9.93. The maximum Gasteiger partial charge on any atom is 0.410 e. The number of hydrogen-bond acceptors (Lipinski definition) is 7. The van der Waals surface area contributed by atoms with Gasteiger partial charge < -0.3 is 25.0 Å². The number of esters is 1. The average molecular weight is 340 g/mol. The molecule has 0 bridgehead atoms. The Morgan fingerprint density at radius 3 is 2.50 bits per heavy atom. The monoisotopic (exact) mass is 340 g/mol. The number of alkyl carbamates (subject to hydrolysis) is 1. The van der Waals surface area contributed by atoms with Crippen molar-refractivity contribution >= 4 is 12.1 Å². The molecule has 0 saturated heterocycles. The minimum atomic E-state index is -1.05. The lowest BCUT2D eigenvalue weighted by Gasteiger charge is -2.21. The molecule has 1 unspecified atom stereocenters. The smallest absolute Gasteiger partial charge is 0.410 e. The quantitative estimate of drug-likeness (QED) is 0.552. The van der Waals surface area contributed by atoms with E-state index in [4.69, 9.17) is 9.47 Å². The molecular weight excluding hydrogens is 316 g/mol. The largest absolute Gasteiger partial charge is 0.506 e. The maximum absolute atomic E-state index is 11.8. The predicted octanol–water partition coefficient (Wildman–Crippen LogP) is 1.75. The number of aromatic hydroxyl groups is 1. The summed E-state index contributed by atoms with van der Waals surface area (Å²) in [6, 6.07) is 0. The Bertz CT molecular complexity index is 609. The van der Waals surface area contributed by atoms with Crippen LogP contribution < -0.4 is 5.32 Å². The second-order valence-electron chi connectivity index (χ2n) is 6.34. The Labute approximate surface area is 140 Å². The summed E-state index contributed by atoms with van der Waals surface area (Å²) in [5, 5.41) is 21.7. The molecule has 8 heteroatoms. The molecule has 1 heterocycles. The molecule has 0 aliphatic rings. The van der Waals surface area contributed by atoms with Crippen molar-refractivity contribution in [1.82, 2.24) is 10.3 Å². The van der Waals surface area contributed by atoms with E-state index in [9.17, 15) is 19.8 Å². The van der Waals surface area contributed by atoms with E-state index in [0.29, 0.717) is 16.8 Å². The van der Waals surface area contributed by atoms with E-state index in [0.717, 1.165) is 0 Å². The fourth-order valence-corrected chi connectivity index (χ4v) is 1.72. The van der Waals surface area contributed by atoms with Gasteiger partial charge in [-0.1, -0.05) is 0 Å². The molecule has 1 aromatic heterocycles. The number of aliphatic hydroxyl groups is 1. The highest BCUT2D eigenvalue weighted by Gasteiger charge is 2.26. The van der Waals surface area contributed by atoms with Gasteiger partial charge in [0.1, 0.15) is 5.75 Å². The lowest BCUT2D eigenvalue weighted by Crippen LogP contribution is -2.33. The molecule has 0 aromatic carbocycles. The van der Waals surface area contributed by atoms with Crippen LogP contribution in [0, 0.1) is 12.3 Å². The molecule has 1 rings (SSSR count). The van der Waals surface area contributed by atoms with Gasteiger partial charge in [0.05, 0.1) is 24.3 Å². The van der Waals surface area contributed by atoms with Crippen LogP contribution >= 0.6 is 0 Å². The maximum atomic E-state index is 11.8. The van der Waals surface area contributed by atoms with Crippen molar-refractivity contribution < 1.29 is 29.3 Å². The second kappa shape index (κ2) is 7.96. The Morgan fingerprint density at radius 2 is 1.96 bits per heavy atom. The van der Waals surface area contributed by atoms with Gasteiger partial charge in [0.2, 0.25) is 6.29 Å². The van der Waals surface area contributed by atoms with Crippen molar-refractivity contribution in [2.45, 2.75) is 54.1 Å². The van der Waals surface area contributed by atoms with Gasteiger partial charge >= 0.3 is 12.1 Å². The average Bonchev–Trinajstić information content (AvgIpc) is 2.47. The molecule has 1 aromatic rings. The number of aryl methyl sites for hydroxylation is 1. The van der Waals surface area contributed by atoms with Gasteiger partial charge in [-0.2, -0.15) is 0 Å². The highest BCUT2D eigenvalue weighted by molar-refractivity contribution is 5.75. The zero-order valence-corrected chi connectivity index (χ0v) is 14.5. The third kappa shape index (κ3) is 5.38. The molecule has 3 N–H and O–H groups in total. The highest BCUT2D eigenvalue weighted by Crippen LogP contribution is 2.23. The zero-order valence-electron chi connectivity index (χ0n) is 14.5. The number of pyridine rings is 1. The fraction of sp³-hybridized carbons (Fsp3) is 0.562. The van der Waals surface area contributed by atoms with E-state index in [2.05, 4.69) is 10.3 Å². The normalized spacial score (nSPS) is 12.4. The van der Waals surface area contributed by atoms with Crippen molar-refractivity contribution in [3.05, 3.63) is 23.0 Å². The van der Waals surface area contributed by atoms with Crippen molar-refractivity contribution in [3.8, 4) is 5.75 Å². The van der Waals surface area contributed by atoms with E-state index < -0.39 is 23.8 Å². The molecule has 1 amide bonds. The van der Waals surface area contributed by atoms with Gasteiger partial charge in [0.25, 0.3) is 0 Å². The predicted molar refractivity (Wildman–Crippen MR) is 84.9 cm³/mol. The first-order chi connectivity index (χ1) is 11.1. The van der Waals surface area contributed by atoms with Gasteiger partial charge in [-0.3, -0.25) is 9.78 Å². The number of carbonyl (C=O) groups is 2. The molecule has 8 nitrogen and oxygen atoms in total. The first-order valence-electron chi connectivity index (χ1n) is 7.49. The number of hydrogen-bond donors (Lipinski definition) is 3. The molecule has 24 heavy (non-hydrogen) atoms. The summed E-state index contributed by atoms with van der Waals surface area (Å²) in [6.07, 6.45) is -0.450. The number of nitrogens with one attached hydrogen (secondary N) is 1. The van der Waals surface area contributed by atoms with Gasteiger partial charge in [-0.15, -0.1) is 0 Å². The van der Waals surface area contributed by atoms with Gasteiger partial charge in [-0.05, 0) is 27.7 Å². The number of nitrogens with zero attached hydrogens (tertiary/aromatic N) is 1. The van der Waals surface area contributed by atoms with Crippen LogP contribution in [0.1, 0.15) is 44.5 Å². The Hall–Kier alpha value is -2.35. The van der Waals surface area contributed by atoms with Crippen molar-refractivity contribution in [1.29, 1.82) is 0 Å². The summed E-state index contributed by atoms with van der Waals surface area (Å²) in [4.78, 5) is 27.4. The third-order valence-corrected chi connectivity index (χ3v) is 3.17.